The maximum Gasteiger partial charge on any atom is 0.138 e. The molecule has 0 radical (unpaired) electrons. The van der Waals surface area contributed by atoms with Crippen molar-refractivity contribution in [2.45, 2.75) is 40.2 Å². The molecule has 0 amide bonds. The summed E-state index contributed by atoms with van der Waals surface area (Å²) in [4.78, 5) is 4.39. The maximum atomic E-state index is 4.39. The van der Waals surface area contributed by atoms with E-state index in [-0.39, 0.29) is 5.41 Å². The molecule has 0 aliphatic carbocycles. The highest BCUT2D eigenvalue weighted by atomic mass is 79.9. The summed E-state index contributed by atoms with van der Waals surface area (Å²) in [6, 6.07) is 0. The molecule has 5 heteroatoms. The molecule has 0 fully saturated rings. The molecule has 17 heavy (non-hydrogen) atoms. The Bertz CT molecular complexity index is 332. The van der Waals surface area contributed by atoms with Crippen molar-refractivity contribution in [3.8, 4) is 0 Å². The molecular formula is C12H21Br2N3. The molecule has 1 aromatic heterocycles. The van der Waals surface area contributed by atoms with Gasteiger partial charge in [0.25, 0.3) is 0 Å². The summed E-state index contributed by atoms with van der Waals surface area (Å²) in [5.41, 5.74) is 0.230. The van der Waals surface area contributed by atoms with Crippen LogP contribution in [0.25, 0.3) is 0 Å². The van der Waals surface area contributed by atoms with E-state index in [1.165, 1.54) is 6.42 Å². The van der Waals surface area contributed by atoms with Crippen molar-refractivity contribution in [2.75, 3.05) is 10.7 Å². The quantitative estimate of drug-likeness (QED) is 0.689. The summed E-state index contributed by atoms with van der Waals surface area (Å²) in [5.74, 6) is 1.77. The lowest BCUT2D eigenvalue weighted by Gasteiger charge is -2.31. The van der Waals surface area contributed by atoms with Crippen molar-refractivity contribution in [2.24, 2.45) is 11.3 Å². The highest BCUT2D eigenvalue weighted by Crippen LogP contribution is 2.34. The first kappa shape index (κ1) is 15.2. The van der Waals surface area contributed by atoms with Gasteiger partial charge in [0, 0.05) is 23.6 Å². The monoisotopic (exact) mass is 365 g/mol. The zero-order valence-corrected chi connectivity index (χ0v) is 14.0. The standard InChI is InChI=1S/C12H21Br2N3/c1-4-17-11(15-9-16-17)6-12(7-13,8-14)5-10(2)3/h9-10H,4-8H2,1-3H3. The zero-order chi connectivity index (χ0) is 12.9. The third-order valence-electron chi connectivity index (χ3n) is 2.94. The Hall–Kier alpha value is 0.100. The van der Waals surface area contributed by atoms with Crippen LogP contribution in [0.4, 0.5) is 0 Å². The summed E-state index contributed by atoms with van der Waals surface area (Å²) in [5, 5.41) is 6.21. The minimum Gasteiger partial charge on any atom is -0.250 e. The summed E-state index contributed by atoms with van der Waals surface area (Å²) < 4.78 is 1.99. The van der Waals surface area contributed by atoms with E-state index < -0.39 is 0 Å². The number of aromatic nitrogens is 3. The first-order valence-corrected chi connectivity index (χ1v) is 8.30. The molecule has 0 aliphatic rings. The second kappa shape index (κ2) is 6.88. The van der Waals surface area contributed by atoms with E-state index in [0.29, 0.717) is 5.92 Å². The summed E-state index contributed by atoms with van der Waals surface area (Å²) in [6.07, 6.45) is 3.80. The minimum atomic E-state index is 0.230. The van der Waals surface area contributed by atoms with Gasteiger partial charge in [0.05, 0.1) is 0 Å². The van der Waals surface area contributed by atoms with Crippen molar-refractivity contribution in [1.29, 1.82) is 0 Å². The van der Waals surface area contributed by atoms with Gasteiger partial charge in [-0.1, -0.05) is 45.7 Å². The molecule has 3 nitrogen and oxygen atoms in total. The average Bonchev–Trinajstić information content (AvgIpc) is 2.74. The molecule has 0 saturated carbocycles. The molecule has 1 aromatic rings. The highest BCUT2D eigenvalue weighted by Gasteiger charge is 2.31. The van der Waals surface area contributed by atoms with Crippen molar-refractivity contribution in [3.05, 3.63) is 12.2 Å². The average molecular weight is 367 g/mol. The van der Waals surface area contributed by atoms with Gasteiger partial charge in [0.1, 0.15) is 12.2 Å². The Morgan fingerprint density at radius 3 is 2.47 bits per heavy atom. The number of aryl methyl sites for hydroxylation is 1. The Labute approximate surface area is 121 Å². The van der Waals surface area contributed by atoms with E-state index in [0.717, 1.165) is 29.5 Å². The van der Waals surface area contributed by atoms with E-state index in [2.05, 4.69) is 62.7 Å². The zero-order valence-electron chi connectivity index (χ0n) is 10.8. The molecule has 0 aliphatic heterocycles. The number of hydrogen-bond donors (Lipinski definition) is 0. The molecular weight excluding hydrogens is 346 g/mol. The molecule has 1 heterocycles. The van der Waals surface area contributed by atoms with E-state index in [4.69, 9.17) is 0 Å². The van der Waals surface area contributed by atoms with Crippen molar-refractivity contribution >= 4 is 31.9 Å². The van der Waals surface area contributed by atoms with Crippen LogP contribution in [0.3, 0.4) is 0 Å². The predicted molar refractivity (Wildman–Crippen MR) is 78.9 cm³/mol. The summed E-state index contributed by atoms with van der Waals surface area (Å²) >= 11 is 7.33. The van der Waals surface area contributed by atoms with Crippen LogP contribution in [0.2, 0.25) is 0 Å². The molecule has 0 bridgehead atoms. The number of alkyl halides is 2. The van der Waals surface area contributed by atoms with Crippen LogP contribution in [-0.4, -0.2) is 25.4 Å². The van der Waals surface area contributed by atoms with Crippen LogP contribution in [0.5, 0.6) is 0 Å². The van der Waals surface area contributed by atoms with Gasteiger partial charge in [-0.3, -0.25) is 4.68 Å². The topological polar surface area (TPSA) is 30.7 Å². The van der Waals surface area contributed by atoms with Gasteiger partial charge in [-0.2, -0.15) is 5.10 Å². The van der Waals surface area contributed by atoms with Gasteiger partial charge in [-0.25, -0.2) is 4.98 Å². The first-order chi connectivity index (χ1) is 8.06. The summed E-state index contributed by atoms with van der Waals surface area (Å²) in [6.45, 7) is 7.53. The fourth-order valence-corrected chi connectivity index (χ4v) is 3.98. The van der Waals surface area contributed by atoms with E-state index in [9.17, 15) is 0 Å². The lowest BCUT2D eigenvalue weighted by Crippen LogP contribution is -2.31. The lowest BCUT2D eigenvalue weighted by molar-refractivity contribution is 0.294. The fraction of sp³-hybridized carbons (Fsp3) is 0.833. The Morgan fingerprint density at radius 1 is 1.35 bits per heavy atom. The number of hydrogen-bond acceptors (Lipinski definition) is 2. The van der Waals surface area contributed by atoms with Crippen LogP contribution < -0.4 is 0 Å². The number of halogens is 2. The SMILES string of the molecule is CCn1ncnc1CC(CBr)(CBr)CC(C)C. The lowest BCUT2D eigenvalue weighted by atomic mass is 9.81. The van der Waals surface area contributed by atoms with Crippen LogP contribution in [0.1, 0.15) is 33.0 Å². The molecule has 98 valence electrons. The van der Waals surface area contributed by atoms with Gasteiger partial charge >= 0.3 is 0 Å². The Balaban J connectivity index is 2.85. The van der Waals surface area contributed by atoms with Gasteiger partial charge in [-0.15, -0.1) is 0 Å². The molecule has 0 aromatic carbocycles. The molecule has 0 saturated heterocycles. The Kier molecular flexibility index (Phi) is 6.13. The molecule has 0 atom stereocenters. The van der Waals surface area contributed by atoms with Gasteiger partial charge < -0.3 is 0 Å². The molecule has 1 rings (SSSR count). The van der Waals surface area contributed by atoms with E-state index in [1.54, 1.807) is 6.33 Å². The van der Waals surface area contributed by atoms with E-state index >= 15 is 0 Å². The van der Waals surface area contributed by atoms with Crippen molar-refractivity contribution in [1.82, 2.24) is 14.8 Å². The second-order valence-corrected chi connectivity index (χ2v) is 6.16. The van der Waals surface area contributed by atoms with Gasteiger partial charge in [-0.05, 0) is 24.7 Å². The van der Waals surface area contributed by atoms with Crippen molar-refractivity contribution < 1.29 is 0 Å². The normalized spacial score (nSPS) is 12.4. The largest absolute Gasteiger partial charge is 0.250 e. The number of nitrogens with zero attached hydrogens (tertiary/aromatic N) is 3. The summed E-state index contributed by atoms with van der Waals surface area (Å²) in [7, 11) is 0. The predicted octanol–water partition coefficient (Wildman–Crippen LogP) is 3.66. The van der Waals surface area contributed by atoms with Gasteiger partial charge in [0.2, 0.25) is 0 Å². The smallest absolute Gasteiger partial charge is 0.138 e. The fourth-order valence-electron chi connectivity index (χ4n) is 2.20. The van der Waals surface area contributed by atoms with Gasteiger partial charge in [0.15, 0.2) is 0 Å². The van der Waals surface area contributed by atoms with Crippen LogP contribution in [0.15, 0.2) is 6.33 Å². The van der Waals surface area contributed by atoms with Crippen LogP contribution >= 0.6 is 31.9 Å². The molecule has 0 unspecified atom stereocenters. The van der Waals surface area contributed by atoms with Crippen LogP contribution in [-0.2, 0) is 13.0 Å². The van der Waals surface area contributed by atoms with E-state index in [1.807, 2.05) is 4.68 Å². The first-order valence-electron chi connectivity index (χ1n) is 6.05. The molecule has 0 spiro atoms. The third-order valence-corrected chi connectivity index (χ3v) is 5.32. The minimum absolute atomic E-state index is 0.230. The number of rotatable bonds is 7. The Morgan fingerprint density at radius 2 is 2.00 bits per heavy atom. The highest BCUT2D eigenvalue weighted by molar-refractivity contribution is 9.09. The molecule has 0 N–H and O–H groups in total. The van der Waals surface area contributed by atoms with Crippen molar-refractivity contribution in [3.63, 3.8) is 0 Å². The third kappa shape index (κ3) is 4.05. The maximum absolute atomic E-state index is 4.39. The second-order valence-electron chi connectivity index (χ2n) is 5.03. The van der Waals surface area contributed by atoms with Crippen LogP contribution in [0, 0.1) is 11.3 Å².